The van der Waals surface area contributed by atoms with Crippen LogP contribution in [0.1, 0.15) is 22.4 Å². The largest absolute Gasteiger partial charge is 0.504 e. The monoisotopic (exact) mass is 278 g/mol. The summed E-state index contributed by atoms with van der Waals surface area (Å²) in [4.78, 5) is 5.49. The zero-order valence-electron chi connectivity index (χ0n) is 11.1. The van der Waals surface area contributed by atoms with Crippen LogP contribution < -0.4 is 10.1 Å². The number of aromatic nitrogens is 1. The third kappa shape index (κ3) is 3.68. The van der Waals surface area contributed by atoms with Crippen LogP contribution in [0.15, 0.2) is 24.4 Å². The summed E-state index contributed by atoms with van der Waals surface area (Å²) in [6.07, 6.45) is 1.87. The first kappa shape index (κ1) is 13.8. The van der Waals surface area contributed by atoms with E-state index in [1.165, 1.54) is 4.88 Å². The lowest BCUT2D eigenvalue weighted by Crippen LogP contribution is -2.12. The number of hydrogen-bond acceptors (Lipinski definition) is 5. The van der Waals surface area contributed by atoms with Crippen molar-refractivity contribution in [3.05, 3.63) is 39.8 Å². The first-order valence-electron chi connectivity index (χ1n) is 6.26. The van der Waals surface area contributed by atoms with E-state index in [9.17, 15) is 5.11 Å². The molecular formula is C14H18N2O2S. The molecule has 2 aromatic rings. The van der Waals surface area contributed by atoms with Gasteiger partial charge in [-0.15, -0.1) is 11.3 Å². The molecule has 1 aromatic heterocycles. The molecule has 0 fully saturated rings. The van der Waals surface area contributed by atoms with Crippen molar-refractivity contribution >= 4 is 11.3 Å². The van der Waals surface area contributed by atoms with Crippen LogP contribution in [-0.4, -0.2) is 16.7 Å². The normalized spacial score (nSPS) is 10.6. The Balaban J connectivity index is 1.94. The molecule has 0 atom stereocenters. The Hall–Kier alpha value is -1.59. The number of aryl methyl sites for hydroxylation is 1. The van der Waals surface area contributed by atoms with Gasteiger partial charge in [-0.3, -0.25) is 0 Å². The minimum Gasteiger partial charge on any atom is -0.504 e. The van der Waals surface area contributed by atoms with Gasteiger partial charge in [-0.2, -0.15) is 0 Å². The molecule has 2 N–H and O–H groups in total. The van der Waals surface area contributed by atoms with Crippen molar-refractivity contribution in [1.82, 2.24) is 10.3 Å². The quantitative estimate of drug-likeness (QED) is 0.853. The van der Waals surface area contributed by atoms with Crippen molar-refractivity contribution in [1.29, 1.82) is 0 Å². The summed E-state index contributed by atoms with van der Waals surface area (Å²) in [5, 5.41) is 14.4. The van der Waals surface area contributed by atoms with Crippen LogP contribution in [0.2, 0.25) is 0 Å². The van der Waals surface area contributed by atoms with E-state index in [0.717, 1.165) is 10.6 Å². The van der Waals surface area contributed by atoms with Gasteiger partial charge in [-0.05, 0) is 19.9 Å². The van der Waals surface area contributed by atoms with E-state index >= 15 is 0 Å². The molecule has 0 saturated heterocycles. The lowest BCUT2D eigenvalue weighted by Gasteiger charge is -2.10. The summed E-state index contributed by atoms with van der Waals surface area (Å²) in [6, 6.07) is 5.54. The molecule has 4 nitrogen and oxygen atoms in total. The molecule has 0 saturated carbocycles. The van der Waals surface area contributed by atoms with Crippen molar-refractivity contribution in [2.45, 2.75) is 26.9 Å². The van der Waals surface area contributed by atoms with Crippen LogP contribution in [0.3, 0.4) is 0 Å². The van der Waals surface area contributed by atoms with Crippen molar-refractivity contribution in [2.24, 2.45) is 0 Å². The molecule has 19 heavy (non-hydrogen) atoms. The topological polar surface area (TPSA) is 54.4 Å². The predicted octanol–water partition coefficient (Wildman–Crippen LogP) is 2.85. The number of ether oxygens (including phenoxy) is 1. The maximum atomic E-state index is 10.0. The number of nitrogens with zero attached hydrogens (tertiary/aromatic N) is 1. The number of hydrogen-bond donors (Lipinski definition) is 2. The molecule has 0 aliphatic carbocycles. The van der Waals surface area contributed by atoms with Gasteiger partial charge in [0.15, 0.2) is 11.5 Å². The highest BCUT2D eigenvalue weighted by molar-refractivity contribution is 7.11. The first-order valence-corrected chi connectivity index (χ1v) is 7.08. The van der Waals surface area contributed by atoms with Gasteiger partial charge in [0, 0.05) is 29.7 Å². The molecule has 0 spiro atoms. The lowest BCUT2D eigenvalue weighted by atomic mass is 10.2. The second-order valence-electron chi connectivity index (χ2n) is 4.17. The second kappa shape index (κ2) is 6.54. The zero-order chi connectivity index (χ0) is 13.7. The number of phenols is 1. The third-order valence-electron chi connectivity index (χ3n) is 2.64. The van der Waals surface area contributed by atoms with Gasteiger partial charge >= 0.3 is 0 Å². The zero-order valence-corrected chi connectivity index (χ0v) is 12.0. The van der Waals surface area contributed by atoms with E-state index in [-0.39, 0.29) is 5.75 Å². The van der Waals surface area contributed by atoms with Crippen molar-refractivity contribution < 1.29 is 9.84 Å². The Morgan fingerprint density at radius 2 is 2.21 bits per heavy atom. The van der Waals surface area contributed by atoms with Gasteiger partial charge in [-0.1, -0.05) is 12.1 Å². The van der Waals surface area contributed by atoms with Crippen LogP contribution >= 0.6 is 11.3 Å². The molecule has 0 aliphatic heterocycles. The first-order chi connectivity index (χ1) is 9.20. The van der Waals surface area contributed by atoms with Crippen LogP contribution in [0.5, 0.6) is 11.5 Å². The highest BCUT2D eigenvalue weighted by Crippen LogP contribution is 2.29. The molecule has 0 amide bonds. The van der Waals surface area contributed by atoms with Crippen molar-refractivity contribution in [2.75, 3.05) is 6.61 Å². The Morgan fingerprint density at radius 1 is 1.37 bits per heavy atom. The van der Waals surface area contributed by atoms with Crippen LogP contribution in [0.25, 0.3) is 0 Å². The van der Waals surface area contributed by atoms with E-state index in [1.807, 2.05) is 32.2 Å². The Kier molecular flexibility index (Phi) is 4.76. The molecule has 102 valence electrons. The molecule has 0 radical (unpaired) electrons. The molecule has 0 aliphatic rings. The summed E-state index contributed by atoms with van der Waals surface area (Å²) in [5.41, 5.74) is 0.833. The molecular weight excluding hydrogens is 260 g/mol. The summed E-state index contributed by atoms with van der Waals surface area (Å²) in [6.45, 7) is 5.78. The van der Waals surface area contributed by atoms with Gasteiger partial charge in [0.2, 0.25) is 0 Å². The van der Waals surface area contributed by atoms with Crippen molar-refractivity contribution in [3.8, 4) is 11.5 Å². The number of benzene rings is 1. The Morgan fingerprint density at radius 3 is 2.89 bits per heavy atom. The fourth-order valence-corrected chi connectivity index (χ4v) is 2.53. The summed E-state index contributed by atoms with van der Waals surface area (Å²) >= 11 is 1.68. The van der Waals surface area contributed by atoms with E-state index in [0.29, 0.717) is 25.4 Å². The average Bonchev–Trinajstić information content (AvgIpc) is 2.80. The minimum atomic E-state index is 0.215. The van der Waals surface area contributed by atoms with Gasteiger partial charge in [0.05, 0.1) is 6.61 Å². The number of rotatable bonds is 6. The molecule has 1 aromatic carbocycles. The van der Waals surface area contributed by atoms with Gasteiger partial charge < -0.3 is 15.2 Å². The molecule has 5 heteroatoms. The van der Waals surface area contributed by atoms with E-state index in [4.69, 9.17) is 4.74 Å². The SMILES string of the molecule is CCOc1cccc(CNCc2ncc(C)s2)c1O. The van der Waals surface area contributed by atoms with Gasteiger partial charge in [0.1, 0.15) is 5.01 Å². The highest BCUT2D eigenvalue weighted by atomic mass is 32.1. The maximum Gasteiger partial charge on any atom is 0.162 e. The van der Waals surface area contributed by atoms with Crippen LogP contribution in [0.4, 0.5) is 0 Å². The highest BCUT2D eigenvalue weighted by Gasteiger charge is 2.07. The van der Waals surface area contributed by atoms with E-state index < -0.39 is 0 Å². The average molecular weight is 278 g/mol. The molecule has 0 bridgehead atoms. The lowest BCUT2D eigenvalue weighted by molar-refractivity contribution is 0.316. The number of nitrogens with one attached hydrogen (secondary N) is 1. The third-order valence-corrected chi connectivity index (χ3v) is 3.56. The minimum absolute atomic E-state index is 0.215. The maximum absolute atomic E-state index is 10.0. The number of phenolic OH excluding ortho intramolecular Hbond substituents is 1. The summed E-state index contributed by atoms with van der Waals surface area (Å²) in [5.74, 6) is 0.749. The summed E-state index contributed by atoms with van der Waals surface area (Å²) < 4.78 is 5.36. The Bertz CT molecular complexity index is 540. The Labute approximate surface area is 117 Å². The second-order valence-corrected chi connectivity index (χ2v) is 5.48. The van der Waals surface area contributed by atoms with E-state index in [2.05, 4.69) is 10.3 Å². The van der Waals surface area contributed by atoms with Gasteiger partial charge in [-0.25, -0.2) is 4.98 Å². The van der Waals surface area contributed by atoms with E-state index in [1.54, 1.807) is 17.4 Å². The standard InChI is InChI=1S/C14H18N2O2S/c1-3-18-12-6-4-5-11(14(12)17)8-15-9-13-16-7-10(2)19-13/h4-7,15,17H,3,8-9H2,1-2H3. The predicted molar refractivity (Wildman–Crippen MR) is 76.7 cm³/mol. The van der Waals surface area contributed by atoms with Gasteiger partial charge in [0.25, 0.3) is 0 Å². The molecule has 0 unspecified atom stereocenters. The fraction of sp³-hybridized carbons (Fsp3) is 0.357. The van der Waals surface area contributed by atoms with Crippen LogP contribution in [0, 0.1) is 6.92 Å². The summed E-state index contributed by atoms with van der Waals surface area (Å²) in [7, 11) is 0. The smallest absolute Gasteiger partial charge is 0.162 e. The fourth-order valence-electron chi connectivity index (χ4n) is 1.77. The number of aromatic hydroxyl groups is 1. The van der Waals surface area contributed by atoms with Crippen molar-refractivity contribution in [3.63, 3.8) is 0 Å². The van der Waals surface area contributed by atoms with Crippen LogP contribution in [-0.2, 0) is 13.1 Å². The number of thiazole rings is 1. The number of para-hydroxylation sites is 1. The molecule has 2 rings (SSSR count). The molecule has 1 heterocycles.